The summed E-state index contributed by atoms with van der Waals surface area (Å²) in [6.45, 7) is 2.12. The van der Waals surface area contributed by atoms with Crippen LogP contribution >= 0.6 is 12.2 Å². The number of rotatable bonds is 1. The van der Waals surface area contributed by atoms with Gasteiger partial charge >= 0.3 is 0 Å². The third kappa shape index (κ3) is 2.12. The van der Waals surface area contributed by atoms with Crippen LogP contribution in [-0.4, -0.2) is 9.55 Å². The molecule has 1 aliphatic rings. The van der Waals surface area contributed by atoms with Crippen LogP contribution in [0.1, 0.15) is 50.1 Å². The number of aromatic nitrogens is 2. The molecule has 0 atom stereocenters. The Morgan fingerprint density at radius 1 is 1.17 bits per heavy atom. The summed E-state index contributed by atoms with van der Waals surface area (Å²) in [6, 6.07) is 7.18. The van der Waals surface area contributed by atoms with Crippen LogP contribution in [0.25, 0.3) is 11.0 Å². The van der Waals surface area contributed by atoms with E-state index in [2.05, 4.69) is 34.7 Å². The summed E-state index contributed by atoms with van der Waals surface area (Å²) in [5, 5.41) is 0. The summed E-state index contributed by atoms with van der Waals surface area (Å²) in [5.41, 5.74) is 3.74. The molecule has 1 N–H and O–H groups in total. The van der Waals surface area contributed by atoms with Gasteiger partial charge in [0.15, 0.2) is 4.77 Å². The van der Waals surface area contributed by atoms with Gasteiger partial charge in [0.2, 0.25) is 0 Å². The van der Waals surface area contributed by atoms with E-state index in [-0.39, 0.29) is 0 Å². The number of H-pyrrole nitrogens is 1. The molecule has 1 aromatic heterocycles. The number of fused-ring (bicyclic) bond motifs is 1. The van der Waals surface area contributed by atoms with E-state index in [1.54, 1.807) is 0 Å². The molecule has 1 fully saturated rings. The standard InChI is InChI=1S/C15H20N2S/c1-11-8-9-14-13(10-11)16-15(18)17(14)12-6-4-2-3-5-7-12/h8-10,12H,2-7H2,1H3,(H,16,18). The van der Waals surface area contributed by atoms with Crippen LogP contribution in [0.3, 0.4) is 0 Å². The van der Waals surface area contributed by atoms with Crippen molar-refractivity contribution in [2.45, 2.75) is 51.5 Å². The van der Waals surface area contributed by atoms with Gasteiger partial charge in [-0.05, 0) is 49.7 Å². The fourth-order valence-electron chi connectivity index (χ4n) is 3.12. The molecule has 3 rings (SSSR count). The van der Waals surface area contributed by atoms with E-state index in [9.17, 15) is 0 Å². The summed E-state index contributed by atoms with van der Waals surface area (Å²) in [7, 11) is 0. The zero-order valence-electron chi connectivity index (χ0n) is 10.9. The first-order valence-corrected chi connectivity index (χ1v) is 7.37. The lowest BCUT2D eigenvalue weighted by atomic mass is 10.1. The second-order valence-electron chi connectivity index (χ2n) is 5.47. The van der Waals surface area contributed by atoms with Crippen molar-refractivity contribution >= 4 is 23.3 Å². The van der Waals surface area contributed by atoms with Crippen molar-refractivity contribution in [2.75, 3.05) is 0 Å². The van der Waals surface area contributed by atoms with Crippen molar-refractivity contribution < 1.29 is 0 Å². The van der Waals surface area contributed by atoms with Crippen LogP contribution in [0, 0.1) is 11.7 Å². The minimum absolute atomic E-state index is 0.594. The molecule has 0 bridgehead atoms. The van der Waals surface area contributed by atoms with Crippen LogP contribution in [0.15, 0.2) is 18.2 Å². The van der Waals surface area contributed by atoms with Crippen molar-refractivity contribution in [1.82, 2.24) is 9.55 Å². The molecule has 18 heavy (non-hydrogen) atoms. The fourth-order valence-corrected chi connectivity index (χ4v) is 3.48. The molecular formula is C15H20N2S. The number of hydrogen-bond acceptors (Lipinski definition) is 1. The Bertz CT molecular complexity index is 600. The number of aryl methyl sites for hydroxylation is 1. The van der Waals surface area contributed by atoms with Crippen molar-refractivity contribution in [3.63, 3.8) is 0 Å². The van der Waals surface area contributed by atoms with Gasteiger partial charge in [-0.2, -0.15) is 0 Å². The predicted octanol–water partition coefficient (Wildman–Crippen LogP) is 4.90. The average molecular weight is 260 g/mol. The third-order valence-corrected chi connectivity index (χ3v) is 4.36. The first kappa shape index (κ1) is 12.0. The highest BCUT2D eigenvalue weighted by molar-refractivity contribution is 7.71. The molecule has 0 aliphatic heterocycles. The molecule has 3 heteroatoms. The summed E-state index contributed by atoms with van der Waals surface area (Å²) in [4.78, 5) is 3.36. The minimum Gasteiger partial charge on any atom is -0.331 e. The Labute approximate surface area is 113 Å². The Kier molecular flexibility index (Phi) is 3.25. The van der Waals surface area contributed by atoms with Gasteiger partial charge in [-0.1, -0.05) is 31.7 Å². The van der Waals surface area contributed by atoms with Gasteiger partial charge in [0.05, 0.1) is 11.0 Å². The summed E-state index contributed by atoms with van der Waals surface area (Å²) in [5.74, 6) is 0. The van der Waals surface area contributed by atoms with Crippen LogP contribution in [0.4, 0.5) is 0 Å². The molecule has 0 spiro atoms. The first-order valence-electron chi connectivity index (χ1n) is 6.96. The van der Waals surface area contributed by atoms with Crippen LogP contribution in [-0.2, 0) is 0 Å². The van der Waals surface area contributed by atoms with Crippen molar-refractivity contribution in [3.05, 3.63) is 28.5 Å². The van der Waals surface area contributed by atoms with E-state index in [4.69, 9.17) is 12.2 Å². The molecule has 0 amide bonds. The maximum absolute atomic E-state index is 5.53. The zero-order chi connectivity index (χ0) is 12.5. The number of nitrogens with one attached hydrogen (secondary N) is 1. The first-order chi connectivity index (χ1) is 8.75. The number of aromatic amines is 1. The van der Waals surface area contributed by atoms with Gasteiger partial charge in [-0.15, -0.1) is 0 Å². The van der Waals surface area contributed by atoms with E-state index >= 15 is 0 Å². The minimum atomic E-state index is 0.594. The smallest absolute Gasteiger partial charge is 0.178 e. The van der Waals surface area contributed by atoms with Gasteiger partial charge in [0, 0.05) is 6.04 Å². The lowest BCUT2D eigenvalue weighted by Gasteiger charge is -2.17. The number of benzene rings is 1. The van der Waals surface area contributed by atoms with E-state index in [0.29, 0.717) is 6.04 Å². The van der Waals surface area contributed by atoms with E-state index in [0.717, 1.165) is 4.77 Å². The summed E-state index contributed by atoms with van der Waals surface area (Å²) >= 11 is 5.53. The molecule has 96 valence electrons. The second-order valence-corrected chi connectivity index (χ2v) is 5.85. The van der Waals surface area contributed by atoms with Crippen LogP contribution < -0.4 is 0 Å². The average Bonchev–Trinajstić information content (AvgIpc) is 2.54. The molecule has 2 aromatic rings. The van der Waals surface area contributed by atoms with E-state index in [1.165, 1.54) is 55.1 Å². The van der Waals surface area contributed by atoms with Gasteiger partial charge in [-0.3, -0.25) is 0 Å². The SMILES string of the molecule is Cc1ccc2c(c1)[nH]c(=S)n2C1CCCCCC1. The highest BCUT2D eigenvalue weighted by atomic mass is 32.1. The van der Waals surface area contributed by atoms with Gasteiger partial charge in [-0.25, -0.2) is 0 Å². The molecule has 1 saturated carbocycles. The number of hydrogen-bond donors (Lipinski definition) is 1. The van der Waals surface area contributed by atoms with Gasteiger partial charge < -0.3 is 9.55 Å². The molecule has 1 heterocycles. The topological polar surface area (TPSA) is 20.7 Å². The number of imidazole rings is 1. The largest absolute Gasteiger partial charge is 0.331 e. The quantitative estimate of drug-likeness (QED) is 0.571. The zero-order valence-corrected chi connectivity index (χ0v) is 11.7. The third-order valence-electron chi connectivity index (χ3n) is 4.06. The molecule has 0 unspecified atom stereocenters. The van der Waals surface area contributed by atoms with Crippen molar-refractivity contribution in [3.8, 4) is 0 Å². The second kappa shape index (κ2) is 4.88. The lowest BCUT2D eigenvalue weighted by Crippen LogP contribution is -2.07. The fraction of sp³-hybridized carbons (Fsp3) is 0.533. The van der Waals surface area contributed by atoms with Crippen molar-refractivity contribution in [1.29, 1.82) is 0 Å². The van der Waals surface area contributed by atoms with Crippen LogP contribution in [0.5, 0.6) is 0 Å². The Hall–Kier alpha value is -1.09. The highest BCUT2D eigenvalue weighted by Gasteiger charge is 2.17. The van der Waals surface area contributed by atoms with Gasteiger partial charge in [0.1, 0.15) is 0 Å². The molecule has 1 aromatic carbocycles. The normalized spacial score (nSPS) is 18.1. The Morgan fingerprint density at radius 3 is 2.61 bits per heavy atom. The molecule has 1 aliphatic carbocycles. The monoisotopic (exact) mass is 260 g/mol. The molecule has 0 radical (unpaired) electrons. The lowest BCUT2D eigenvalue weighted by molar-refractivity contribution is 0.450. The molecule has 2 nitrogen and oxygen atoms in total. The highest BCUT2D eigenvalue weighted by Crippen LogP contribution is 2.30. The summed E-state index contributed by atoms with van der Waals surface area (Å²) in [6.07, 6.45) is 7.98. The molecule has 0 saturated heterocycles. The maximum atomic E-state index is 5.53. The van der Waals surface area contributed by atoms with Crippen LogP contribution in [0.2, 0.25) is 0 Å². The van der Waals surface area contributed by atoms with Crippen molar-refractivity contribution in [2.24, 2.45) is 0 Å². The van der Waals surface area contributed by atoms with E-state index < -0.39 is 0 Å². The predicted molar refractivity (Wildman–Crippen MR) is 78.6 cm³/mol. The Morgan fingerprint density at radius 2 is 1.89 bits per heavy atom. The Balaban J connectivity index is 2.09. The number of nitrogens with zero attached hydrogens (tertiary/aromatic N) is 1. The maximum Gasteiger partial charge on any atom is 0.178 e. The molecular weight excluding hydrogens is 240 g/mol. The summed E-state index contributed by atoms with van der Waals surface area (Å²) < 4.78 is 3.25. The van der Waals surface area contributed by atoms with Gasteiger partial charge in [0.25, 0.3) is 0 Å². The van der Waals surface area contributed by atoms with E-state index in [1.807, 2.05) is 0 Å².